The molecule has 8 nitrogen and oxygen atoms in total. The molecule has 9 heteroatoms. The average molecular weight is 408 g/mol. The van der Waals surface area contributed by atoms with Crippen molar-refractivity contribution in [3.8, 4) is 0 Å². The third-order valence-corrected chi connectivity index (χ3v) is 5.62. The Morgan fingerprint density at radius 2 is 2.11 bits per heavy atom. The molecule has 154 valence electrons. The van der Waals surface area contributed by atoms with Gasteiger partial charge in [0.25, 0.3) is 0 Å². The summed E-state index contributed by atoms with van der Waals surface area (Å²) in [5, 5.41) is 7.59. The number of aromatic nitrogens is 1. The van der Waals surface area contributed by atoms with Crippen molar-refractivity contribution in [2.45, 2.75) is 19.4 Å². The lowest BCUT2D eigenvalue weighted by Gasteiger charge is -2.34. The van der Waals surface area contributed by atoms with Gasteiger partial charge in [-0.3, -0.25) is 14.7 Å². The minimum atomic E-state index is 0.167. The normalized spacial score (nSPS) is 21.1. The van der Waals surface area contributed by atoms with Crippen LogP contribution in [0.15, 0.2) is 23.3 Å². The Kier molecular flexibility index (Phi) is 7.33. The molecule has 0 radical (unpaired) electrons. The predicted octanol–water partition coefficient (Wildman–Crippen LogP) is 0.643. The van der Waals surface area contributed by atoms with E-state index in [-0.39, 0.29) is 5.91 Å². The largest absolute Gasteiger partial charge is 0.355 e. The van der Waals surface area contributed by atoms with E-state index in [0.29, 0.717) is 11.1 Å². The number of anilines is 1. The molecule has 0 aliphatic carbocycles. The van der Waals surface area contributed by atoms with Crippen molar-refractivity contribution in [3.63, 3.8) is 0 Å². The van der Waals surface area contributed by atoms with Crippen LogP contribution < -0.4 is 15.5 Å². The molecule has 2 saturated heterocycles. The number of aliphatic imine (C=N–C) groups is 1. The van der Waals surface area contributed by atoms with Gasteiger partial charge in [0.2, 0.25) is 5.91 Å². The summed E-state index contributed by atoms with van der Waals surface area (Å²) >= 11 is 6.27. The van der Waals surface area contributed by atoms with Gasteiger partial charge < -0.3 is 20.4 Å². The minimum Gasteiger partial charge on any atom is -0.355 e. The number of nitrogens with one attached hydrogen (secondary N) is 2. The highest BCUT2D eigenvalue weighted by Gasteiger charge is 2.25. The Hall–Kier alpha value is -2.06. The molecule has 2 aliphatic heterocycles. The molecule has 3 heterocycles. The van der Waals surface area contributed by atoms with Gasteiger partial charge in [-0.1, -0.05) is 11.6 Å². The maximum Gasteiger partial charge on any atom is 0.219 e. The Morgan fingerprint density at radius 1 is 1.32 bits per heavy atom. The molecule has 0 aromatic carbocycles. The number of carbonyl (C=O) groups is 1. The Morgan fingerprint density at radius 3 is 2.79 bits per heavy atom. The van der Waals surface area contributed by atoms with E-state index in [0.717, 1.165) is 70.6 Å². The maximum absolute atomic E-state index is 11.4. The molecule has 1 unspecified atom stereocenters. The topological polar surface area (TPSA) is 76.1 Å². The first-order chi connectivity index (χ1) is 13.6. The van der Waals surface area contributed by atoms with Crippen LogP contribution in [0.2, 0.25) is 5.02 Å². The van der Waals surface area contributed by atoms with Crippen molar-refractivity contribution < 1.29 is 4.79 Å². The molecule has 1 aromatic rings. The highest BCUT2D eigenvalue weighted by molar-refractivity contribution is 6.32. The van der Waals surface area contributed by atoms with Crippen LogP contribution in [-0.4, -0.2) is 92.1 Å². The Bertz CT molecular complexity index is 691. The lowest BCUT2D eigenvalue weighted by molar-refractivity contribution is -0.130. The number of rotatable bonds is 5. The van der Waals surface area contributed by atoms with E-state index < -0.39 is 0 Å². The van der Waals surface area contributed by atoms with Crippen molar-refractivity contribution in [1.82, 2.24) is 25.4 Å². The monoisotopic (exact) mass is 407 g/mol. The summed E-state index contributed by atoms with van der Waals surface area (Å²) in [6.07, 6.45) is 2.79. The molecular weight excluding hydrogens is 378 g/mol. The van der Waals surface area contributed by atoms with Crippen molar-refractivity contribution in [3.05, 3.63) is 23.4 Å². The van der Waals surface area contributed by atoms with Gasteiger partial charge in [0, 0.05) is 78.6 Å². The molecule has 1 atom stereocenters. The van der Waals surface area contributed by atoms with Gasteiger partial charge in [-0.2, -0.15) is 0 Å². The van der Waals surface area contributed by atoms with E-state index in [4.69, 9.17) is 11.6 Å². The number of halogens is 1. The summed E-state index contributed by atoms with van der Waals surface area (Å²) in [7, 11) is 1.79. The number of pyridine rings is 1. The first-order valence-electron chi connectivity index (χ1n) is 9.87. The summed E-state index contributed by atoms with van der Waals surface area (Å²) in [4.78, 5) is 26.6. The smallest absolute Gasteiger partial charge is 0.219 e. The molecule has 0 spiro atoms. The van der Waals surface area contributed by atoms with Gasteiger partial charge in [0.1, 0.15) is 5.82 Å². The van der Waals surface area contributed by atoms with Crippen LogP contribution in [0.5, 0.6) is 0 Å². The lowest BCUT2D eigenvalue weighted by atomic mass is 10.3. The average Bonchev–Trinajstić information content (AvgIpc) is 3.16. The summed E-state index contributed by atoms with van der Waals surface area (Å²) in [5.41, 5.74) is 0. The molecular formula is C19H30ClN7O. The van der Waals surface area contributed by atoms with Gasteiger partial charge in [0.15, 0.2) is 5.96 Å². The molecule has 0 saturated carbocycles. The van der Waals surface area contributed by atoms with Crippen molar-refractivity contribution in [1.29, 1.82) is 0 Å². The van der Waals surface area contributed by atoms with E-state index in [1.807, 2.05) is 17.0 Å². The first kappa shape index (κ1) is 20.7. The van der Waals surface area contributed by atoms with Gasteiger partial charge in [-0.05, 0) is 18.6 Å². The predicted molar refractivity (Wildman–Crippen MR) is 113 cm³/mol. The molecule has 1 amide bonds. The summed E-state index contributed by atoms with van der Waals surface area (Å²) in [6, 6.07) is 4.04. The first-order valence-corrected chi connectivity index (χ1v) is 10.2. The number of nitrogens with zero attached hydrogens (tertiary/aromatic N) is 5. The second kappa shape index (κ2) is 9.93. The number of guanidine groups is 1. The van der Waals surface area contributed by atoms with Crippen LogP contribution >= 0.6 is 11.6 Å². The van der Waals surface area contributed by atoms with Crippen LogP contribution in [0.4, 0.5) is 5.82 Å². The molecule has 2 fully saturated rings. The third-order valence-electron chi connectivity index (χ3n) is 5.33. The minimum absolute atomic E-state index is 0.167. The number of hydrogen-bond acceptors (Lipinski definition) is 5. The van der Waals surface area contributed by atoms with Crippen LogP contribution in [0.25, 0.3) is 0 Å². The number of amides is 1. The molecule has 1 aromatic heterocycles. The zero-order valence-electron chi connectivity index (χ0n) is 16.7. The molecule has 2 N–H and O–H groups in total. The van der Waals surface area contributed by atoms with Crippen LogP contribution in [0.3, 0.4) is 0 Å². The van der Waals surface area contributed by atoms with Crippen LogP contribution in [0, 0.1) is 0 Å². The standard InChI is InChI=1S/C19H30ClN7O/c1-15(28)26-12-10-25(11-13-26)9-7-23-19(21-2)24-16-5-8-27(14-16)18-17(20)4-3-6-22-18/h3-4,6,16H,5,7-14H2,1-2H3,(H2,21,23,24). The SMILES string of the molecule is CN=C(NCCN1CCN(C(C)=O)CC1)NC1CCN(c2ncccc2Cl)C1. The highest BCUT2D eigenvalue weighted by atomic mass is 35.5. The number of piperazine rings is 1. The van der Waals surface area contributed by atoms with Crippen LogP contribution in [-0.2, 0) is 4.79 Å². The molecule has 3 rings (SSSR count). The summed E-state index contributed by atoms with van der Waals surface area (Å²) in [5.74, 6) is 1.84. The lowest BCUT2D eigenvalue weighted by Crippen LogP contribution is -2.51. The second-order valence-corrected chi connectivity index (χ2v) is 7.64. The van der Waals surface area contributed by atoms with Crippen molar-refractivity contribution >= 4 is 29.3 Å². The fourth-order valence-corrected chi connectivity index (χ4v) is 3.93. The van der Waals surface area contributed by atoms with Crippen molar-refractivity contribution in [2.75, 3.05) is 64.3 Å². The fraction of sp³-hybridized carbons (Fsp3) is 0.632. The van der Waals surface area contributed by atoms with E-state index in [9.17, 15) is 4.79 Å². The number of carbonyl (C=O) groups excluding carboxylic acids is 1. The third kappa shape index (κ3) is 5.48. The van der Waals surface area contributed by atoms with E-state index in [1.54, 1.807) is 20.2 Å². The van der Waals surface area contributed by atoms with Gasteiger partial charge in [0.05, 0.1) is 5.02 Å². The second-order valence-electron chi connectivity index (χ2n) is 7.23. The van der Waals surface area contributed by atoms with E-state index >= 15 is 0 Å². The molecule has 0 bridgehead atoms. The van der Waals surface area contributed by atoms with E-state index in [2.05, 4.69) is 30.4 Å². The zero-order chi connectivity index (χ0) is 19.9. The summed E-state index contributed by atoms with van der Waals surface area (Å²) in [6.45, 7) is 8.65. The zero-order valence-corrected chi connectivity index (χ0v) is 17.5. The Labute approximate surface area is 171 Å². The van der Waals surface area contributed by atoms with Gasteiger partial charge in [-0.15, -0.1) is 0 Å². The van der Waals surface area contributed by atoms with Crippen molar-refractivity contribution in [2.24, 2.45) is 4.99 Å². The Balaban J connectivity index is 1.38. The number of hydrogen-bond donors (Lipinski definition) is 2. The van der Waals surface area contributed by atoms with Gasteiger partial charge >= 0.3 is 0 Å². The molecule has 2 aliphatic rings. The maximum atomic E-state index is 11.4. The van der Waals surface area contributed by atoms with Gasteiger partial charge in [-0.25, -0.2) is 4.98 Å². The highest BCUT2D eigenvalue weighted by Crippen LogP contribution is 2.25. The molecule has 28 heavy (non-hydrogen) atoms. The fourth-order valence-electron chi connectivity index (χ4n) is 3.69. The quantitative estimate of drug-likeness (QED) is 0.551. The van der Waals surface area contributed by atoms with Crippen LogP contribution in [0.1, 0.15) is 13.3 Å². The summed E-state index contributed by atoms with van der Waals surface area (Å²) < 4.78 is 0. The van der Waals surface area contributed by atoms with E-state index in [1.165, 1.54) is 0 Å².